The molecule has 2 amide bonds. The average molecular weight is 337 g/mol. The Morgan fingerprint density at radius 3 is 2.20 bits per heavy atom. The third-order valence-electron chi connectivity index (χ3n) is 3.91. The van der Waals surface area contributed by atoms with Gasteiger partial charge in [-0.1, -0.05) is 35.5 Å². The molecule has 128 valence electrons. The maximum absolute atomic E-state index is 12.6. The molecule has 2 aromatic carbocycles. The van der Waals surface area contributed by atoms with Gasteiger partial charge in [0.25, 0.3) is 5.91 Å². The summed E-state index contributed by atoms with van der Waals surface area (Å²) in [5.74, 6) is -0.413. The first-order valence-electron chi connectivity index (χ1n) is 7.96. The molecule has 0 radical (unpaired) electrons. The number of oxime groups is 1. The number of carbonyl (C=O) groups excluding carboxylic acids is 2. The van der Waals surface area contributed by atoms with E-state index >= 15 is 0 Å². The molecule has 2 aromatic rings. The number of nitrogens with one attached hydrogen (secondary N) is 2. The molecular formula is C19H19N3O3. The van der Waals surface area contributed by atoms with E-state index in [0.29, 0.717) is 17.8 Å². The molecule has 0 saturated heterocycles. The highest BCUT2D eigenvalue weighted by Gasteiger charge is 2.42. The predicted octanol–water partition coefficient (Wildman–Crippen LogP) is 3.17. The van der Waals surface area contributed by atoms with Gasteiger partial charge in [0.1, 0.15) is 0 Å². The molecule has 0 spiro atoms. The maximum atomic E-state index is 12.6. The number of rotatable bonds is 4. The zero-order chi connectivity index (χ0) is 17.9. The summed E-state index contributed by atoms with van der Waals surface area (Å²) in [5.41, 5.74) is 1.93. The van der Waals surface area contributed by atoms with Crippen molar-refractivity contribution in [2.45, 2.75) is 25.9 Å². The third kappa shape index (κ3) is 3.85. The van der Waals surface area contributed by atoms with Crippen LogP contribution in [0.4, 0.5) is 11.4 Å². The lowest BCUT2D eigenvalue weighted by atomic mass is 9.95. The largest absolute Gasteiger partial charge is 0.379 e. The Morgan fingerprint density at radius 2 is 1.60 bits per heavy atom. The molecule has 1 aliphatic heterocycles. The number of hydrogen-bond acceptors (Lipinski definition) is 4. The van der Waals surface area contributed by atoms with Crippen molar-refractivity contribution in [2.75, 3.05) is 10.6 Å². The van der Waals surface area contributed by atoms with Gasteiger partial charge >= 0.3 is 0 Å². The highest BCUT2D eigenvalue weighted by Crippen LogP contribution is 2.28. The summed E-state index contributed by atoms with van der Waals surface area (Å²) in [6, 6.07) is 16.5. The molecule has 0 aromatic heterocycles. The van der Waals surface area contributed by atoms with Crippen molar-refractivity contribution >= 4 is 28.9 Å². The molecule has 6 heteroatoms. The topological polar surface area (TPSA) is 79.8 Å². The molecule has 2 N–H and O–H groups in total. The second-order valence-corrected chi connectivity index (χ2v) is 6.12. The lowest BCUT2D eigenvalue weighted by molar-refractivity contribution is -0.135. The van der Waals surface area contributed by atoms with Crippen molar-refractivity contribution < 1.29 is 14.4 Å². The molecule has 1 atom stereocenters. The van der Waals surface area contributed by atoms with Crippen LogP contribution in [0.1, 0.15) is 25.8 Å². The summed E-state index contributed by atoms with van der Waals surface area (Å²) in [7, 11) is 0. The van der Waals surface area contributed by atoms with Crippen molar-refractivity contribution in [3.05, 3.63) is 60.2 Å². The number of hydrogen-bond donors (Lipinski definition) is 2. The number of carbonyl (C=O) groups is 2. The smallest absolute Gasteiger partial charge is 0.271 e. The van der Waals surface area contributed by atoms with E-state index in [0.717, 1.165) is 11.3 Å². The Bertz CT molecular complexity index is 816. The highest BCUT2D eigenvalue weighted by molar-refractivity contribution is 6.07. The summed E-state index contributed by atoms with van der Waals surface area (Å²) in [4.78, 5) is 29.1. The van der Waals surface area contributed by atoms with E-state index in [1.807, 2.05) is 30.3 Å². The third-order valence-corrected chi connectivity index (χ3v) is 3.91. The first-order chi connectivity index (χ1) is 12.0. The van der Waals surface area contributed by atoms with Crippen molar-refractivity contribution in [1.29, 1.82) is 0 Å². The Hall–Kier alpha value is -3.15. The van der Waals surface area contributed by atoms with E-state index in [4.69, 9.17) is 4.84 Å². The fraction of sp³-hybridized carbons (Fsp3) is 0.211. The summed E-state index contributed by atoms with van der Waals surface area (Å²) in [6.45, 7) is 3.16. The molecule has 0 fully saturated rings. The van der Waals surface area contributed by atoms with Gasteiger partial charge in [0.05, 0.1) is 5.71 Å². The minimum absolute atomic E-state index is 0.144. The van der Waals surface area contributed by atoms with E-state index < -0.39 is 5.60 Å². The van der Waals surface area contributed by atoms with Crippen LogP contribution in [-0.2, 0) is 14.4 Å². The lowest BCUT2D eigenvalue weighted by Gasteiger charge is -2.20. The van der Waals surface area contributed by atoms with Gasteiger partial charge in [-0.25, -0.2) is 0 Å². The molecule has 1 heterocycles. The van der Waals surface area contributed by atoms with Crippen LogP contribution in [0.5, 0.6) is 0 Å². The van der Waals surface area contributed by atoms with Crippen molar-refractivity contribution in [1.82, 2.24) is 0 Å². The Morgan fingerprint density at radius 1 is 1.00 bits per heavy atom. The van der Waals surface area contributed by atoms with Crippen LogP contribution >= 0.6 is 0 Å². The Balaban J connectivity index is 1.64. The predicted molar refractivity (Wildman–Crippen MR) is 96.5 cm³/mol. The van der Waals surface area contributed by atoms with Crippen LogP contribution in [-0.4, -0.2) is 23.1 Å². The molecule has 25 heavy (non-hydrogen) atoms. The van der Waals surface area contributed by atoms with Crippen LogP contribution in [0, 0.1) is 0 Å². The van der Waals surface area contributed by atoms with E-state index in [-0.39, 0.29) is 11.8 Å². The summed E-state index contributed by atoms with van der Waals surface area (Å²) >= 11 is 0. The van der Waals surface area contributed by atoms with Crippen LogP contribution in [0.3, 0.4) is 0 Å². The molecule has 6 nitrogen and oxygen atoms in total. The first kappa shape index (κ1) is 16.7. The van der Waals surface area contributed by atoms with Gasteiger partial charge in [0.2, 0.25) is 11.5 Å². The second-order valence-electron chi connectivity index (χ2n) is 6.12. The first-order valence-corrected chi connectivity index (χ1v) is 7.96. The van der Waals surface area contributed by atoms with Gasteiger partial charge in [0.15, 0.2) is 0 Å². The molecule has 1 aliphatic rings. The van der Waals surface area contributed by atoms with E-state index in [1.165, 1.54) is 6.92 Å². The van der Waals surface area contributed by atoms with E-state index in [1.54, 1.807) is 31.2 Å². The van der Waals surface area contributed by atoms with E-state index in [9.17, 15) is 9.59 Å². The standard InChI is InChI=1S/C19H19N3O3/c1-13(23)20-15-8-10-16(11-9-15)21-18(24)19(2)12-17(22-25-19)14-6-4-3-5-7-14/h3-11H,12H2,1-2H3,(H,20,23)(H,21,24)/t19-/m1/s1. The molecule has 0 saturated carbocycles. The number of benzene rings is 2. The maximum Gasteiger partial charge on any atom is 0.271 e. The Labute approximate surface area is 145 Å². The number of anilines is 2. The zero-order valence-electron chi connectivity index (χ0n) is 14.1. The van der Waals surface area contributed by atoms with Gasteiger partial charge in [-0.2, -0.15) is 0 Å². The van der Waals surface area contributed by atoms with E-state index in [2.05, 4.69) is 15.8 Å². The van der Waals surface area contributed by atoms with Gasteiger partial charge in [-0.15, -0.1) is 0 Å². The normalized spacial score (nSPS) is 18.9. The van der Waals surface area contributed by atoms with Gasteiger partial charge in [0, 0.05) is 24.7 Å². The number of amides is 2. The quantitative estimate of drug-likeness (QED) is 0.899. The van der Waals surface area contributed by atoms with Crippen LogP contribution in [0.2, 0.25) is 0 Å². The van der Waals surface area contributed by atoms with Crippen LogP contribution in [0.15, 0.2) is 59.8 Å². The molecule has 0 aliphatic carbocycles. The van der Waals surface area contributed by atoms with Crippen LogP contribution in [0.25, 0.3) is 0 Å². The zero-order valence-corrected chi connectivity index (χ0v) is 14.1. The molecule has 0 unspecified atom stereocenters. The van der Waals surface area contributed by atoms with Crippen molar-refractivity contribution in [3.8, 4) is 0 Å². The van der Waals surface area contributed by atoms with Crippen molar-refractivity contribution in [3.63, 3.8) is 0 Å². The molecule has 3 rings (SSSR count). The summed E-state index contributed by atoms with van der Waals surface area (Å²) in [5, 5.41) is 9.58. The van der Waals surface area contributed by atoms with Gasteiger partial charge in [-0.3, -0.25) is 9.59 Å². The van der Waals surface area contributed by atoms with Crippen molar-refractivity contribution in [2.24, 2.45) is 5.16 Å². The minimum Gasteiger partial charge on any atom is -0.379 e. The summed E-state index contributed by atoms with van der Waals surface area (Å²) in [6.07, 6.45) is 0.396. The van der Waals surface area contributed by atoms with Gasteiger partial charge in [-0.05, 0) is 36.8 Å². The minimum atomic E-state index is -1.05. The second kappa shape index (κ2) is 6.76. The summed E-state index contributed by atoms with van der Waals surface area (Å²) < 4.78 is 0. The van der Waals surface area contributed by atoms with Crippen LogP contribution < -0.4 is 10.6 Å². The Kier molecular flexibility index (Phi) is 4.52. The fourth-order valence-corrected chi connectivity index (χ4v) is 2.55. The SMILES string of the molecule is CC(=O)Nc1ccc(NC(=O)[C@@]2(C)CC(c3ccccc3)=NO2)cc1. The molecule has 0 bridgehead atoms. The average Bonchev–Trinajstić information content (AvgIpc) is 3.01. The monoisotopic (exact) mass is 337 g/mol. The highest BCUT2D eigenvalue weighted by atomic mass is 16.7. The fourth-order valence-electron chi connectivity index (χ4n) is 2.55. The van der Waals surface area contributed by atoms with Gasteiger partial charge < -0.3 is 15.5 Å². The lowest BCUT2D eigenvalue weighted by Crippen LogP contribution is -2.40. The number of nitrogens with zero attached hydrogens (tertiary/aromatic N) is 1. The molecular weight excluding hydrogens is 318 g/mol.